The number of anilines is 1. The molecule has 2 N–H and O–H groups in total. The number of nitrogens with zero attached hydrogens (tertiary/aromatic N) is 3. The number of urea groups is 1. The van der Waals surface area contributed by atoms with Crippen LogP contribution in [-0.4, -0.2) is 78.9 Å². The quantitative estimate of drug-likeness (QED) is 0.477. The van der Waals surface area contributed by atoms with E-state index in [-0.39, 0.29) is 17.9 Å². The number of piperazine rings is 1. The number of carbonyl (C=O) groups excluding carboxylic acids is 2. The van der Waals surface area contributed by atoms with Crippen molar-refractivity contribution in [1.82, 2.24) is 20.1 Å². The molecule has 0 saturated carbocycles. The van der Waals surface area contributed by atoms with Crippen molar-refractivity contribution in [2.45, 2.75) is 26.4 Å². The molecule has 0 spiro atoms. The molecule has 0 radical (unpaired) electrons. The SMILES string of the molecule is COc1ccc(F)cc1-c1ccc2nc(NC(=O)NCCN3CCN(C(=O)OC(C)(C)C)CC3)sc2c1. The molecule has 0 atom stereocenters. The first-order valence-electron chi connectivity index (χ1n) is 12.1. The number of ether oxygens (including phenoxy) is 2. The Morgan fingerprint density at radius 2 is 1.86 bits per heavy atom. The second-order valence-corrected chi connectivity index (χ2v) is 10.8. The van der Waals surface area contributed by atoms with Crippen LogP contribution < -0.4 is 15.4 Å². The molecule has 0 aliphatic carbocycles. The number of nitrogens with one attached hydrogen (secondary N) is 2. The molecule has 3 aromatic rings. The van der Waals surface area contributed by atoms with E-state index in [2.05, 4.69) is 20.5 Å². The first-order chi connectivity index (χ1) is 17.6. The third kappa shape index (κ3) is 7.07. The van der Waals surface area contributed by atoms with Crippen LogP contribution in [0, 0.1) is 5.82 Å². The second-order valence-electron chi connectivity index (χ2n) is 9.74. The summed E-state index contributed by atoms with van der Waals surface area (Å²) in [6.07, 6.45) is -0.289. The number of hydrogen-bond donors (Lipinski definition) is 2. The Morgan fingerprint density at radius 1 is 1.11 bits per heavy atom. The summed E-state index contributed by atoms with van der Waals surface area (Å²) in [6, 6.07) is 9.66. The molecule has 3 amide bonds. The van der Waals surface area contributed by atoms with Crippen molar-refractivity contribution in [1.29, 1.82) is 0 Å². The zero-order chi connectivity index (χ0) is 26.6. The van der Waals surface area contributed by atoms with Gasteiger partial charge in [0.05, 0.1) is 17.3 Å². The van der Waals surface area contributed by atoms with Crippen LogP contribution >= 0.6 is 11.3 Å². The van der Waals surface area contributed by atoms with Gasteiger partial charge in [-0.25, -0.2) is 19.0 Å². The lowest BCUT2D eigenvalue weighted by Gasteiger charge is -2.35. The monoisotopic (exact) mass is 529 g/mol. The Labute approximate surface area is 219 Å². The van der Waals surface area contributed by atoms with Crippen LogP contribution in [-0.2, 0) is 4.74 Å². The Hall–Kier alpha value is -3.44. The van der Waals surface area contributed by atoms with Crippen molar-refractivity contribution in [2.24, 2.45) is 0 Å². The molecular weight excluding hydrogens is 497 g/mol. The van der Waals surface area contributed by atoms with Crippen LogP contribution in [0.25, 0.3) is 21.3 Å². The largest absolute Gasteiger partial charge is 0.496 e. The van der Waals surface area contributed by atoms with Gasteiger partial charge in [0.25, 0.3) is 0 Å². The summed E-state index contributed by atoms with van der Waals surface area (Å²) in [5, 5.41) is 6.12. The summed E-state index contributed by atoms with van der Waals surface area (Å²) in [4.78, 5) is 33.0. The molecule has 37 heavy (non-hydrogen) atoms. The van der Waals surface area contributed by atoms with Gasteiger partial charge in [0.1, 0.15) is 17.2 Å². The van der Waals surface area contributed by atoms with Gasteiger partial charge in [0.2, 0.25) is 0 Å². The van der Waals surface area contributed by atoms with Gasteiger partial charge in [-0.1, -0.05) is 17.4 Å². The highest BCUT2D eigenvalue weighted by molar-refractivity contribution is 7.22. The summed E-state index contributed by atoms with van der Waals surface area (Å²) < 4.78 is 25.5. The van der Waals surface area contributed by atoms with Gasteiger partial charge in [-0.05, 0) is 56.7 Å². The number of amides is 3. The maximum Gasteiger partial charge on any atom is 0.410 e. The predicted octanol–water partition coefficient (Wildman–Crippen LogP) is 4.79. The molecule has 0 unspecified atom stereocenters. The van der Waals surface area contributed by atoms with Gasteiger partial charge in [-0.15, -0.1) is 0 Å². The van der Waals surface area contributed by atoms with E-state index in [1.165, 1.54) is 23.5 Å². The van der Waals surface area contributed by atoms with E-state index in [0.717, 1.165) is 28.9 Å². The first-order valence-corrected chi connectivity index (χ1v) is 12.9. The maximum atomic E-state index is 13.8. The summed E-state index contributed by atoms with van der Waals surface area (Å²) >= 11 is 1.34. The van der Waals surface area contributed by atoms with Crippen LogP contribution in [0.4, 0.5) is 19.1 Å². The Balaban J connectivity index is 1.26. The van der Waals surface area contributed by atoms with Gasteiger partial charge in [-0.2, -0.15) is 0 Å². The van der Waals surface area contributed by atoms with Gasteiger partial charge >= 0.3 is 12.1 Å². The number of hydrogen-bond acceptors (Lipinski definition) is 7. The highest BCUT2D eigenvalue weighted by Gasteiger charge is 2.25. The minimum atomic E-state index is -0.508. The van der Waals surface area contributed by atoms with Crippen LogP contribution in [0.15, 0.2) is 36.4 Å². The standard InChI is InChI=1S/C26H32FN5O4S/c1-26(2,3)36-25(34)32-13-11-31(12-14-32)10-9-28-23(33)30-24-29-20-7-5-17(15-22(20)37-24)19-16-18(27)6-8-21(19)35-4/h5-8,15-16H,9-14H2,1-4H3,(H2,28,29,30,33). The molecule has 1 aromatic heterocycles. The van der Waals surface area contributed by atoms with Crippen molar-refractivity contribution >= 4 is 38.8 Å². The normalized spacial score (nSPS) is 14.5. The van der Waals surface area contributed by atoms with E-state index in [4.69, 9.17) is 9.47 Å². The predicted molar refractivity (Wildman–Crippen MR) is 143 cm³/mol. The Morgan fingerprint density at radius 3 is 2.57 bits per heavy atom. The van der Waals surface area contributed by atoms with Gasteiger partial charge in [0, 0.05) is 44.8 Å². The molecule has 9 nitrogen and oxygen atoms in total. The van der Waals surface area contributed by atoms with Gasteiger partial charge in [0.15, 0.2) is 5.13 Å². The van der Waals surface area contributed by atoms with Crippen molar-refractivity contribution in [3.05, 3.63) is 42.2 Å². The fraction of sp³-hybridized carbons (Fsp3) is 0.423. The smallest absolute Gasteiger partial charge is 0.410 e. The minimum absolute atomic E-state index is 0.289. The molecule has 1 fully saturated rings. The number of halogens is 1. The van der Waals surface area contributed by atoms with Crippen molar-refractivity contribution in [3.8, 4) is 16.9 Å². The molecule has 4 rings (SSSR count). The van der Waals surface area contributed by atoms with Crippen molar-refractivity contribution in [2.75, 3.05) is 51.7 Å². The molecule has 1 aliphatic rings. The number of benzene rings is 2. The third-order valence-electron chi connectivity index (χ3n) is 5.82. The highest BCUT2D eigenvalue weighted by atomic mass is 32.1. The molecule has 1 aliphatic heterocycles. The van der Waals surface area contributed by atoms with Crippen LogP contribution in [0.5, 0.6) is 5.75 Å². The van der Waals surface area contributed by atoms with E-state index < -0.39 is 5.60 Å². The van der Waals surface area contributed by atoms with E-state index in [1.54, 1.807) is 18.1 Å². The first kappa shape index (κ1) is 26.6. The molecule has 2 heterocycles. The molecule has 0 bridgehead atoms. The average molecular weight is 530 g/mol. The minimum Gasteiger partial charge on any atom is -0.496 e. The lowest BCUT2D eigenvalue weighted by Crippen LogP contribution is -2.51. The van der Waals surface area contributed by atoms with E-state index in [0.29, 0.717) is 42.6 Å². The fourth-order valence-corrected chi connectivity index (χ4v) is 4.90. The van der Waals surface area contributed by atoms with Crippen LogP contribution in [0.3, 0.4) is 0 Å². The second kappa shape index (κ2) is 11.3. The molecule has 1 saturated heterocycles. The van der Waals surface area contributed by atoms with Crippen molar-refractivity contribution in [3.63, 3.8) is 0 Å². The average Bonchev–Trinajstić information content (AvgIpc) is 3.24. The Bertz CT molecular complexity index is 1270. The summed E-state index contributed by atoms with van der Waals surface area (Å²) in [5.74, 6) is 0.235. The number of aromatic nitrogens is 1. The molecular formula is C26H32FN5O4S. The lowest BCUT2D eigenvalue weighted by molar-refractivity contribution is 0.0147. The molecule has 11 heteroatoms. The zero-order valence-electron chi connectivity index (χ0n) is 21.5. The van der Waals surface area contributed by atoms with Gasteiger partial charge < -0.3 is 19.7 Å². The molecule has 198 valence electrons. The Kier molecular flexibility index (Phi) is 8.13. The number of carbonyl (C=O) groups is 2. The maximum absolute atomic E-state index is 13.8. The fourth-order valence-electron chi connectivity index (χ4n) is 4.00. The third-order valence-corrected chi connectivity index (χ3v) is 6.75. The summed E-state index contributed by atoms with van der Waals surface area (Å²) in [5.41, 5.74) is 1.68. The zero-order valence-corrected chi connectivity index (χ0v) is 22.3. The van der Waals surface area contributed by atoms with Crippen molar-refractivity contribution < 1.29 is 23.5 Å². The highest BCUT2D eigenvalue weighted by Crippen LogP contribution is 2.35. The number of rotatable bonds is 6. The summed E-state index contributed by atoms with van der Waals surface area (Å²) in [7, 11) is 1.55. The van der Waals surface area contributed by atoms with Gasteiger partial charge in [-0.3, -0.25) is 10.2 Å². The number of methoxy groups -OCH3 is 1. The topological polar surface area (TPSA) is 96.0 Å². The van der Waals surface area contributed by atoms with E-state index in [9.17, 15) is 14.0 Å². The summed E-state index contributed by atoms with van der Waals surface area (Å²) in [6.45, 7) is 9.33. The number of fused-ring (bicyclic) bond motifs is 1. The number of thiazole rings is 1. The van der Waals surface area contributed by atoms with E-state index in [1.807, 2.05) is 39.0 Å². The van der Waals surface area contributed by atoms with Crippen LogP contribution in [0.1, 0.15) is 20.8 Å². The van der Waals surface area contributed by atoms with Crippen LogP contribution in [0.2, 0.25) is 0 Å². The molecule has 2 aromatic carbocycles. The lowest BCUT2D eigenvalue weighted by atomic mass is 10.0. The van der Waals surface area contributed by atoms with E-state index >= 15 is 0 Å².